The van der Waals surface area contributed by atoms with Gasteiger partial charge in [0.05, 0.1) is 0 Å². The van der Waals surface area contributed by atoms with Crippen LogP contribution in [-0.2, 0) is 4.79 Å². The van der Waals surface area contributed by atoms with Crippen LogP contribution in [0.4, 0.5) is 0 Å². The van der Waals surface area contributed by atoms with Gasteiger partial charge < -0.3 is 16.4 Å². The highest BCUT2D eigenvalue weighted by Gasteiger charge is 2.49. The zero-order chi connectivity index (χ0) is 12.0. The highest BCUT2D eigenvalue weighted by atomic mass is 16.1. The van der Waals surface area contributed by atoms with E-state index in [1.54, 1.807) is 0 Å². The molecule has 0 aromatic heterocycles. The number of hydrogen-bond acceptors (Lipinski definition) is 3. The number of nitrogens with zero attached hydrogens (tertiary/aromatic N) is 1. The molecule has 2 aliphatic carbocycles. The number of fused-ring (bicyclic) bond motifs is 1. The molecule has 0 bridgehead atoms. The predicted molar refractivity (Wildman–Crippen MR) is 66.1 cm³/mol. The molecule has 1 saturated heterocycles. The Morgan fingerprint density at radius 3 is 2.24 bits per heavy atom. The molecule has 0 radical (unpaired) electrons. The van der Waals surface area contributed by atoms with Crippen molar-refractivity contribution in [3.8, 4) is 0 Å². The van der Waals surface area contributed by atoms with E-state index in [4.69, 9.17) is 11.5 Å². The van der Waals surface area contributed by atoms with E-state index >= 15 is 0 Å². The molecule has 3 rings (SSSR count). The van der Waals surface area contributed by atoms with E-state index in [1.807, 2.05) is 0 Å². The van der Waals surface area contributed by atoms with Crippen LogP contribution >= 0.6 is 0 Å². The summed E-state index contributed by atoms with van der Waals surface area (Å²) < 4.78 is 0. The number of likely N-dealkylation sites (tertiary alicyclic amines) is 1. The quantitative estimate of drug-likeness (QED) is 0.739. The highest BCUT2D eigenvalue weighted by molar-refractivity contribution is 5.85. The second-order valence-corrected chi connectivity index (χ2v) is 6.32. The van der Waals surface area contributed by atoms with Gasteiger partial charge in [-0.1, -0.05) is 6.42 Å². The van der Waals surface area contributed by atoms with Gasteiger partial charge in [0.1, 0.15) is 5.54 Å². The summed E-state index contributed by atoms with van der Waals surface area (Å²) in [6.45, 7) is 2.94. The van der Waals surface area contributed by atoms with Crippen molar-refractivity contribution >= 4 is 5.91 Å². The molecule has 96 valence electrons. The van der Waals surface area contributed by atoms with E-state index in [9.17, 15) is 4.79 Å². The Morgan fingerprint density at radius 1 is 1.18 bits per heavy atom. The van der Waals surface area contributed by atoms with Gasteiger partial charge in [-0.15, -0.1) is 0 Å². The smallest absolute Gasteiger partial charge is 0.239 e. The number of carbonyl (C=O) groups is 1. The van der Waals surface area contributed by atoms with Gasteiger partial charge >= 0.3 is 0 Å². The minimum absolute atomic E-state index is 0.308. The third-order valence-corrected chi connectivity index (χ3v) is 5.05. The van der Waals surface area contributed by atoms with Gasteiger partial charge in [0.2, 0.25) is 5.91 Å². The summed E-state index contributed by atoms with van der Waals surface area (Å²) in [5.74, 6) is 1.73. The largest absolute Gasteiger partial charge is 0.368 e. The molecular weight excluding hydrogens is 214 g/mol. The number of primary amides is 1. The van der Waals surface area contributed by atoms with Crippen LogP contribution < -0.4 is 11.5 Å². The first kappa shape index (κ1) is 11.5. The van der Waals surface area contributed by atoms with Gasteiger partial charge in [0.25, 0.3) is 0 Å². The lowest BCUT2D eigenvalue weighted by molar-refractivity contribution is -0.124. The highest BCUT2D eigenvalue weighted by Crippen LogP contribution is 2.42. The van der Waals surface area contributed by atoms with Crippen LogP contribution in [0.5, 0.6) is 0 Å². The molecular formula is C13H23N3O. The molecule has 1 aliphatic heterocycles. The predicted octanol–water partition coefficient (Wildman–Crippen LogP) is 0.311. The second-order valence-electron chi connectivity index (χ2n) is 6.32. The van der Waals surface area contributed by atoms with Crippen molar-refractivity contribution in [1.82, 2.24) is 4.90 Å². The molecule has 3 unspecified atom stereocenters. The fourth-order valence-corrected chi connectivity index (χ4v) is 3.84. The lowest BCUT2D eigenvalue weighted by Crippen LogP contribution is -2.60. The number of nitrogens with two attached hydrogens (primary N) is 2. The molecule has 1 heterocycles. The average molecular weight is 237 g/mol. The van der Waals surface area contributed by atoms with Crippen LogP contribution in [0.15, 0.2) is 0 Å². The Bertz CT molecular complexity index is 317. The van der Waals surface area contributed by atoms with E-state index in [1.165, 1.54) is 19.3 Å². The van der Waals surface area contributed by atoms with Crippen LogP contribution in [-0.4, -0.2) is 36.0 Å². The third-order valence-electron chi connectivity index (χ3n) is 5.05. The summed E-state index contributed by atoms with van der Waals surface area (Å²) in [6.07, 6.45) is 6.24. The molecule has 4 heteroatoms. The van der Waals surface area contributed by atoms with Crippen LogP contribution in [0.1, 0.15) is 32.1 Å². The van der Waals surface area contributed by atoms with Crippen LogP contribution in [0.3, 0.4) is 0 Å². The van der Waals surface area contributed by atoms with Crippen molar-refractivity contribution in [3.63, 3.8) is 0 Å². The Kier molecular flexibility index (Phi) is 2.67. The molecule has 2 saturated carbocycles. The zero-order valence-corrected chi connectivity index (χ0v) is 10.4. The molecule has 4 N–H and O–H groups in total. The second kappa shape index (κ2) is 3.95. The van der Waals surface area contributed by atoms with Crippen molar-refractivity contribution in [2.45, 2.75) is 37.6 Å². The van der Waals surface area contributed by atoms with Gasteiger partial charge in [-0.05, 0) is 43.4 Å². The first-order chi connectivity index (χ1) is 8.09. The molecule has 3 atom stereocenters. The summed E-state index contributed by atoms with van der Waals surface area (Å²) in [5, 5.41) is 0. The lowest BCUT2D eigenvalue weighted by atomic mass is 9.93. The Hall–Kier alpha value is -0.610. The van der Waals surface area contributed by atoms with Crippen molar-refractivity contribution < 1.29 is 4.79 Å². The number of hydrogen-bond donors (Lipinski definition) is 2. The minimum Gasteiger partial charge on any atom is -0.368 e. The maximum atomic E-state index is 11.6. The third kappa shape index (κ3) is 1.97. The van der Waals surface area contributed by atoms with E-state index in [0.717, 1.165) is 37.8 Å². The molecule has 4 nitrogen and oxygen atoms in total. The van der Waals surface area contributed by atoms with E-state index in [0.29, 0.717) is 12.5 Å². The van der Waals surface area contributed by atoms with Crippen molar-refractivity contribution in [3.05, 3.63) is 0 Å². The minimum atomic E-state index is -0.765. The van der Waals surface area contributed by atoms with Gasteiger partial charge in [0, 0.05) is 19.6 Å². The summed E-state index contributed by atoms with van der Waals surface area (Å²) in [4.78, 5) is 14.0. The Labute approximate surface area is 103 Å². The first-order valence-electron chi connectivity index (χ1n) is 6.91. The topological polar surface area (TPSA) is 72.3 Å². The monoisotopic (exact) mass is 237 g/mol. The van der Waals surface area contributed by atoms with Gasteiger partial charge in [0.15, 0.2) is 0 Å². The first-order valence-corrected chi connectivity index (χ1v) is 6.91. The Balaban J connectivity index is 1.64. The molecule has 3 fully saturated rings. The van der Waals surface area contributed by atoms with E-state index in [-0.39, 0.29) is 5.91 Å². The lowest BCUT2D eigenvalue weighted by Gasteiger charge is -2.31. The number of rotatable bonds is 4. The van der Waals surface area contributed by atoms with Crippen molar-refractivity contribution in [1.29, 1.82) is 0 Å². The molecule has 3 aliphatic rings. The van der Waals surface area contributed by atoms with Gasteiger partial charge in [-0.3, -0.25) is 4.79 Å². The molecule has 0 aromatic rings. The summed E-state index contributed by atoms with van der Waals surface area (Å²) in [5.41, 5.74) is 11.0. The van der Waals surface area contributed by atoms with E-state index in [2.05, 4.69) is 4.90 Å². The van der Waals surface area contributed by atoms with Crippen LogP contribution in [0, 0.1) is 17.8 Å². The molecule has 0 spiro atoms. The average Bonchev–Trinajstić information content (AvgIpc) is 2.92. The molecule has 0 aromatic carbocycles. The van der Waals surface area contributed by atoms with Gasteiger partial charge in [-0.2, -0.15) is 0 Å². The Morgan fingerprint density at radius 2 is 1.76 bits per heavy atom. The SMILES string of the molecule is NC(=O)C(N)(CN1CC2CCCC2C1)C1CC1. The maximum absolute atomic E-state index is 11.6. The number of carbonyl (C=O) groups excluding carboxylic acids is 1. The van der Waals surface area contributed by atoms with Crippen molar-refractivity contribution in [2.24, 2.45) is 29.2 Å². The van der Waals surface area contributed by atoms with Gasteiger partial charge in [-0.25, -0.2) is 0 Å². The molecule has 17 heavy (non-hydrogen) atoms. The number of amides is 1. The normalized spacial score (nSPS) is 36.8. The van der Waals surface area contributed by atoms with Crippen molar-refractivity contribution in [2.75, 3.05) is 19.6 Å². The summed E-state index contributed by atoms with van der Waals surface area (Å²) in [7, 11) is 0. The fraction of sp³-hybridized carbons (Fsp3) is 0.923. The summed E-state index contributed by atoms with van der Waals surface area (Å²) in [6, 6.07) is 0. The van der Waals surface area contributed by atoms with Crippen LogP contribution in [0.25, 0.3) is 0 Å². The standard InChI is InChI=1S/C13H23N3O/c14-12(17)13(15,11-4-5-11)8-16-6-9-2-1-3-10(9)7-16/h9-11H,1-8,15H2,(H2,14,17). The zero-order valence-electron chi connectivity index (χ0n) is 10.4. The maximum Gasteiger partial charge on any atom is 0.239 e. The summed E-state index contributed by atoms with van der Waals surface area (Å²) >= 11 is 0. The molecule has 1 amide bonds. The van der Waals surface area contributed by atoms with E-state index < -0.39 is 5.54 Å². The fourth-order valence-electron chi connectivity index (χ4n) is 3.84. The van der Waals surface area contributed by atoms with Crippen LogP contribution in [0.2, 0.25) is 0 Å².